The zero-order chi connectivity index (χ0) is 9.07. The van der Waals surface area contributed by atoms with Gasteiger partial charge in [-0.3, -0.25) is 0 Å². The van der Waals surface area contributed by atoms with Crippen LogP contribution in [0.4, 0.5) is 0 Å². The molecule has 0 bridgehead atoms. The Balaban J connectivity index is 2.73. The van der Waals surface area contributed by atoms with Crippen molar-refractivity contribution in [3.63, 3.8) is 0 Å². The molecule has 0 aromatic rings. The zero-order valence-corrected chi connectivity index (χ0v) is 8.66. The Kier molecular flexibility index (Phi) is 10.8. The monoisotopic (exact) mass is 172 g/mol. The molecule has 0 unspecified atom stereocenters. The van der Waals surface area contributed by atoms with Gasteiger partial charge in [0, 0.05) is 0 Å². The fourth-order valence-corrected chi connectivity index (χ4v) is 1.16. The summed E-state index contributed by atoms with van der Waals surface area (Å²) in [5, 5.41) is 6.74. The minimum Gasteiger partial charge on any atom is -0.317 e. The molecule has 0 amide bonds. The van der Waals surface area contributed by atoms with Crippen molar-refractivity contribution in [1.82, 2.24) is 10.6 Å². The zero-order valence-electron chi connectivity index (χ0n) is 8.66. The molecule has 0 aliphatic rings. The Bertz CT molecular complexity index is 64.2. The Morgan fingerprint density at radius 3 is 2.00 bits per heavy atom. The van der Waals surface area contributed by atoms with Crippen molar-refractivity contribution < 1.29 is 0 Å². The maximum Gasteiger partial charge on any atom is -0.00489 e. The minimum atomic E-state index is 1.11. The second kappa shape index (κ2) is 10.9. The number of hydrogen-bond acceptors (Lipinski definition) is 2. The molecule has 0 aliphatic heterocycles. The molecule has 0 aromatic carbocycles. The largest absolute Gasteiger partial charge is 0.317 e. The van der Waals surface area contributed by atoms with Crippen molar-refractivity contribution >= 4 is 0 Å². The van der Waals surface area contributed by atoms with Crippen LogP contribution >= 0.6 is 0 Å². The molecule has 0 aromatic heterocycles. The lowest BCUT2D eigenvalue weighted by molar-refractivity contribution is 0.577. The van der Waals surface area contributed by atoms with E-state index in [2.05, 4.69) is 24.5 Å². The quantitative estimate of drug-likeness (QED) is 0.518. The van der Waals surface area contributed by atoms with Crippen molar-refractivity contribution in [2.24, 2.45) is 0 Å². The first-order chi connectivity index (χ1) is 5.91. The summed E-state index contributed by atoms with van der Waals surface area (Å²) in [4.78, 5) is 0. The van der Waals surface area contributed by atoms with Crippen LogP contribution in [-0.2, 0) is 0 Å². The van der Waals surface area contributed by atoms with Crippen LogP contribution in [0.1, 0.15) is 39.5 Å². The van der Waals surface area contributed by atoms with Gasteiger partial charge < -0.3 is 10.6 Å². The van der Waals surface area contributed by atoms with Crippen molar-refractivity contribution in [2.75, 3.05) is 26.2 Å². The Morgan fingerprint density at radius 1 is 0.750 bits per heavy atom. The van der Waals surface area contributed by atoms with Crippen LogP contribution in [0.5, 0.6) is 0 Å². The third-order valence-electron chi connectivity index (χ3n) is 1.88. The standard InChI is InChI=1S/C10H24N2/c1-3-8-12-10-7-5-6-9-11-4-2/h11-12H,3-10H2,1-2H3. The summed E-state index contributed by atoms with van der Waals surface area (Å²) >= 11 is 0. The molecule has 0 saturated heterocycles. The molecule has 0 fully saturated rings. The summed E-state index contributed by atoms with van der Waals surface area (Å²) < 4.78 is 0. The second-order valence-corrected chi connectivity index (χ2v) is 3.16. The smallest absolute Gasteiger partial charge is 0.00489 e. The number of rotatable bonds is 9. The van der Waals surface area contributed by atoms with Gasteiger partial charge in [-0.15, -0.1) is 0 Å². The first-order valence-electron chi connectivity index (χ1n) is 5.33. The number of hydrogen-bond donors (Lipinski definition) is 2. The lowest BCUT2D eigenvalue weighted by Gasteiger charge is -2.03. The van der Waals surface area contributed by atoms with E-state index in [1.54, 1.807) is 0 Å². The Labute approximate surface area is 77.1 Å². The van der Waals surface area contributed by atoms with Crippen molar-refractivity contribution in [3.8, 4) is 0 Å². The summed E-state index contributed by atoms with van der Waals surface area (Å²) in [7, 11) is 0. The van der Waals surface area contributed by atoms with E-state index in [-0.39, 0.29) is 0 Å². The molecule has 2 heteroatoms. The molecule has 0 spiro atoms. The molecule has 12 heavy (non-hydrogen) atoms. The molecule has 2 N–H and O–H groups in total. The fraction of sp³-hybridized carbons (Fsp3) is 1.00. The predicted octanol–water partition coefficient (Wildman–Crippen LogP) is 1.77. The first-order valence-corrected chi connectivity index (χ1v) is 5.33. The molecule has 0 heterocycles. The summed E-state index contributed by atoms with van der Waals surface area (Å²) in [5.41, 5.74) is 0. The van der Waals surface area contributed by atoms with Gasteiger partial charge in [-0.25, -0.2) is 0 Å². The molecule has 0 aliphatic carbocycles. The van der Waals surface area contributed by atoms with E-state index in [1.165, 1.54) is 45.3 Å². The van der Waals surface area contributed by atoms with Gasteiger partial charge in [0.15, 0.2) is 0 Å². The molecule has 0 rings (SSSR count). The third-order valence-corrected chi connectivity index (χ3v) is 1.88. The van der Waals surface area contributed by atoms with Crippen LogP contribution in [0.3, 0.4) is 0 Å². The molecule has 74 valence electrons. The van der Waals surface area contributed by atoms with E-state index in [1.807, 2.05) is 0 Å². The van der Waals surface area contributed by atoms with Crippen LogP contribution in [-0.4, -0.2) is 26.2 Å². The number of nitrogens with one attached hydrogen (secondary N) is 2. The highest BCUT2D eigenvalue weighted by atomic mass is 14.8. The fourth-order valence-electron chi connectivity index (χ4n) is 1.16. The summed E-state index contributed by atoms with van der Waals surface area (Å²) in [6.07, 6.45) is 5.24. The maximum absolute atomic E-state index is 3.41. The average Bonchev–Trinajstić information content (AvgIpc) is 2.10. The SMILES string of the molecule is CCCNCCCCCNCC. The van der Waals surface area contributed by atoms with Crippen molar-refractivity contribution in [1.29, 1.82) is 0 Å². The van der Waals surface area contributed by atoms with Crippen LogP contribution in [0.15, 0.2) is 0 Å². The predicted molar refractivity (Wildman–Crippen MR) is 55.6 cm³/mol. The van der Waals surface area contributed by atoms with Gasteiger partial charge in [0.2, 0.25) is 0 Å². The van der Waals surface area contributed by atoms with Gasteiger partial charge in [-0.1, -0.05) is 20.3 Å². The summed E-state index contributed by atoms with van der Waals surface area (Å²) in [6, 6.07) is 0. The van der Waals surface area contributed by atoms with E-state index in [0.717, 1.165) is 6.54 Å². The van der Waals surface area contributed by atoms with Gasteiger partial charge in [-0.2, -0.15) is 0 Å². The summed E-state index contributed by atoms with van der Waals surface area (Å²) in [5.74, 6) is 0. The van der Waals surface area contributed by atoms with Gasteiger partial charge in [-0.05, 0) is 45.4 Å². The van der Waals surface area contributed by atoms with Crippen molar-refractivity contribution in [3.05, 3.63) is 0 Å². The average molecular weight is 172 g/mol. The third kappa shape index (κ3) is 9.92. The van der Waals surface area contributed by atoms with Gasteiger partial charge in [0.25, 0.3) is 0 Å². The maximum atomic E-state index is 3.41. The van der Waals surface area contributed by atoms with E-state index in [4.69, 9.17) is 0 Å². The first kappa shape index (κ1) is 11.9. The normalized spacial score (nSPS) is 10.5. The van der Waals surface area contributed by atoms with E-state index in [9.17, 15) is 0 Å². The van der Waals surface area contributed by atoms with Gasteiger partial charge in [0.05, 0.1) is 0 Å². The minimum absolute atomic E-state index is 1.11. The van der Waals surface area contributed by atoms with Crippen LogP contribution in [0.25, 0.3) is 0 Å². The second-order valence-electron chi connectivity index (χ2n) is 3.16. The molecular weight excluding hydrogens is 148 g/mol. The topological polar surface area (TPSA) is 24.1 Å². The van der Waals surface area contributed by atoms with Crippen molar-refractivity contribution in [2.45, 2.75) is 39.5 Å². The molecule has 2 nitrogen and oxygen atoms in total. The highest BCUT2D eigenvalue weighted by Crippen LogP contribution is 1.91. The highest BCUT2D eigenvalue weighted by Gasteiger charge is 1.88. The van der Waals surface area contributed by atoms with E-state index in [0.29, 0.717) is 0 Å². The molecule has 0 atom stereocenters. The van der Waals surface area contributed by atoms with Gasteiger partial charge >= 0.3 is 0 Å². The summed E-state index contributed by atoms with van der Waals surface area (Å²) in [6.45, 7) is 9.02. The lowest BCUT2D eigenvalue weighted by atomic mass is 10.2. The van der Waals surface area contributed by atoms with Gasteiger partial charge in [0.1, 0.15) is 0 Å². The van der Waals surface area contributed by atoms with Crippen LogP contribution < -0.4 is 10.6 Å². The number of unbranched alkanes of at least 4 members (excludes halogenated alkanes) is 2. The lowest BCUT2D eigenvalue weighted by Crippen LogP contribution is -2.17. The van der Waals surface area contributed by atoms with E-state index >= 15 is 0 Å². The van der Waals surface area contributed by atoms with Crippen LogP contribution in [0, 0.1) is 0 Å². The Morgan fingerprint density at radius 2 is 1.42 bits per heavy atom. The molecule has 0 saturated carbocycles. The highest BCUT2D eigenvalue weighted by molar-refractivity contribution is 4.49. The van der Waals surface area contributed by atoms with Crippen LogP contribution in [0.2, 0.25) is 0 Å². The Hall–Kier alpha value is -0.0800. The molecular formula is C10H24N2. The molecule has 0 radical (unpaired) electrons. The van der Waals surface area contributed by atoms with E-state index < -0.39 is 0 Å².